The Morgan fingerprint density at radius 2 is 2.14 bits per heavy atom. The van der Waals surface area contributed by atoms with Crippen molar-refractivity contribution in [1.82, 2.24) is 0 Å². The van der Waals surface area contributed by atoms with E-state index in [1.54, 1.807) is 19.2 Å². The molecule has 1 aromatic rings. The van der Waals surface area contributed by atoms with E-state index in [0.29, 0.717) is 17.1 Å². The third-order valence-electron chi connectivity index (χ3n) is 3.68. The van der Waals surface area contributed by atoms with Gasteiger partial charge in [-0.15, -0.1) is 0 Å². The number of nitrogens with two attached hydrogens (primary N) is 1. The van der Waals surface area contributed by atoms with Gasteiger partial charge < -0.3 is 20.3 Å². The van der Waals surface area contributed by atoms with E-state index in [0.717, 1.165) is 30.2 Å². The highest BCUT2D eigenvalue weighted by Crippen LogP contribution is 2.42. The standard InChI is InChI=1S/C15H20BrNO4/c1-20-12-7-6-10(16)14(11(17)8-13(18)19)15(12)21-9-4-2-3-5-9/h6-7,9,11H,2-5,8,17H2,1H3,(H,18,19). The van der Waals surface area contributed by atoms with E-state index in [2.05, 4.69) is 15.9 Å². The number of carboxylic acids is 1. The maximum Gasteiger partial charge on any atom is 0.305 e. The predicted molar refractivity (Wildman–Crippen MR) is 82.8 cm³/mol. The Labute approximate surface area is 132 Å². The van der Waals surface area contributed by atoms with Crippen molar-refractivity contribution in [3.63, 3.8) is 0 Å². The van der Waals surface area contributed by atoms with Crippen LogP contribution in [0.15, 0.2) is 16.6 Å². The first-order valence-corrected chi connectivity index (χ1v) is 7.82. The fourth-order valence-electron chi connectivity index (χ4n) is 2.65. The van der Waals surface area contributed by atoms with E-state index in [1.165, 1.54) is 0 Å². The number of methoxy groups -OCH3 is 1. The van der Waals surface area contributed by atoms with Crippen LogP contribution >= 0.6 is 15.9 Å². The first-order valence-electron chi connectivity index (χ1n) is 7.03. The zero-order valence-electron chi connectivity index (χ0n) is 12.0. The topological polar surface area (TPSA) is 81.8 Å². The molecule has 0 amide bonds. The molecule has 0 radical (unpaired) electrons. The fourth-order valence-corrected chi connectivity index (χ4v) is 3.25. The van der Waals surface area contributed by atoms with Gasteiger partial charge in [0.15, 0.2) is 11.5 Å². The second-order valence-corrected chi connectivity index (χ2v) is 6.08. The summed E-state index contributed by atoms with van der Waals surface area (Å²) in [6.07, 6.45) is 4.29. The van der Waals surface area contributed by atoms with Crippen molar-refractivity contribution in [2.75, 3.05) is 7.11 Å². The molecule has 1 fully saturated rings. The van der Waals surface area contributed by atoms with Gasteiger partial charge in [0.1, 0.15) is 0 Å². The summed E-state index contributed by atoms with van der Waals surface area (Å²) in [5.74, 6) is 0.206. The quantitative estimate of drug-likeness (QED) is 0.816. The lowest BCUT2D eigenvalue weighted by atomic mass is 10.0. The molecule has 0 bridgehead atoms. The SMILES string of the molecule is COc1ccc(Br)c(C(N)CC(=O)O)c1OC1CCCC1. The number of ether oxygens (including phenoxy) is 2. The minimum Gasteiger partial charge on any atom is -0.493 e. The van der Waals surface area contributed by atoms with E-state index in [9.17, 15) is 4.79 Å². The second-order valence-electron chi connectivity index (χ2n) is 5.22. The van der Waals surface area contributed by atoms with E-state index in [-0.39, 0.29) is 12.5 Å². The summed E-state index contributed by atoms with van der Waals surface area (Å²) >= 11 is 3.44. The Bertz CT molecular complexity index is 515. The summed E-state index contributed by atoms with van der Waals surface area (Å²) in [6, 6.07) is 2.95. The van der Waals surface area contributed by atoms with Gasteiger partial charge in [0.25, 0.3) is 0 Å². The average molecular weight is 358 g/mol. The van der Waals surface area contributed by atoms with Crippen molar-refractivity contribution in [2.24, 2.45) is 5.73 Å². The van der Waals surface area contributed by atoms with Crippen molar-refractivity contribution in [3.05, 3.63) is 22.2 Å². The van der Waals surface area contributed by atoms with Crippen LogP contribution in [0.1, 0.15) is 43.7 Å². The number of hydrogen-bond acceptors (Lipinski definition) is 4. The highest BCUT2D eigenvalue weighted by molar-refractivity contribution is 9.10. The number of hydrogen-bond donors (Lipinski definition) is 2. The van der Waals surface area contributed by atoms with Gasteiger partial charge in [-0.2, -0.15) is 0 Å². The van der Waals surface area contributed by atoms with Gasteiger partial charge >= 0.3 is 5.97 Å². The number of halogens is 1. The molecular weight excluding hydrogens is 338 g/mol. The summed E-state index contributed by atoms with van der Waals surface area (Å²) in [5.41, 5.74) is 6.71. The van der Waals surface area contributed by atoms with Crippen molar-refractivity contribution in [2.45, 2.75) is 44.2 Å². The predicted octanol–water partition coefficient (Wildman–Crippen LogP) is 3.25. The summed E-state index contributed by atoms with van der Waals surface area (Å²) in [7, 11) is 1.57. The number of aliphatic carboxylic acids is 1. The molecule has 3 N–H and O–H groups in total. The molecule has 0 saturated heterocycles. The lowest BCUT2D eigenvalue weighted by molar-refractivity contribution is -0.137. The first kappa shape index (κ1) is 16.1. The lowest BCUT2D eigenvalue weighted by Crippen LogP contribution is -2.19. The molecule has 21 heavy (non-hydrogen) atoms. The zero-order valence-corrected chi connectivity index (χ0v) is 13.6. The maximum absolute atomic E-state index is 10.9. The van der Waals surface area contributed by atoms with Crippen LogP contribution in [0.2, 0.25) is 0 Å². The Morgan fingerprint density at radius 3 is 2.71 bits per heavy atom. The van der Waals surface area contributed by atoms with E-state index in [4.69, 9.17) is 20.3 Å². The van der Waals surface area contributed by atoms with Crippen LogP contribution in [0.5, 0.6) is 11.5 Å². The van der Waals surface area contributed by atoms with Crippen molar-refractivity contribution in [3.8, 4) is 11.5 Å². The van der Waals surface area contributed by atoms with Gasteiger partial charge in [0, 0.05) is 16.1 Å². The number of carboxylic acid groups (broad SMARTS) is 1. The van der Waals surface area contributed by atoms with Crippen molar-refractivity contribution in [1.29, 1.82) is 0 Å². The monoisotopic (exact) mass is 357 g/mol. The van der Waals surface area contributed by atoms with Gasteiger partial charge in [-0.25, -0.2) is 0 Å². The molecule has 116 valence electrons. The number of rotatable bonds is 6. The molecule has 6 heteroatoms. The smallest absolute Gasteiger partial charge is 0.305 e. The van der Waals surface area contributed by atoms with Gasteiger partial charge in [0.05, 0.1) is 19.6 Å². The molecule has 1 atom stereocenters. The van der Waals surface area contributed by atoms with Gasteiger partial charge in [-0.05, 0) is 37.8 Å². The summed E-state index contributed by atoms with van der Waals surface area (Å²) in [4.78, 5) is 10.9. The maximum atomic E-state index is 10.9. The van der Waals surface area contributed by atoms with Crippen molar-refractivity contribution >= 4 is 21.9 Å². The molecule has 0 aromatic heterocycles. The van der Waals surface area contributed by atoms with Crippen LogP contribution in [0.3, 0.4) is 0 Å². The van der Waals surface area contributed by atoms with Gasteiger partial charge in [-0.3, -0.25) is 4.79 Å². The molecule has 1 unspecified atom stereocenters. The number of carbonyl (C=O) groups is 1. The molecule has 0 spiro atoms. The molecular formula is C15H20BrNO4. The molecule has 1 saturated carbocycles. The van der Waals surface area contributed by atoms with Crippen LogP contribution in [0.4, 0.5) is 0 Å². The first-order chi connectivity index (χ1) is 10.0. The number of benzene rings is 1. The summed E-state index contributed by atoms with van der Waals surface area (Å²) in [5, 5.41) is 8.97. The molecule has 5 nitrogen and oxygen atoms in total. The Kier molecular flexibility index (Phi) is 5.47. The zero-order chi connectivity index (χ0) is 15.4. The minimum atomic E-state index is -0.941. The average Bonchev–Trinajstić information content (AvgIpc) is 2.91. The lowest BCUT2D eigenvalue weighted by Gasteiger charge is -2.22. The Morgan fingerprint density at radius 1 is 1.48 bits per heavy atom. The van der Waals surface area contributed by atoms with Crippen molar-refractivity contribution < 1.29 is 19.4 Å². The van der Waals surface area contributed by atoms with Gasteiger partial charge in [-0.1, -0.05) is 15.9 Å². The van der Waals surface area contributed by atoms with Crippen LogP contribution in [-0.4, -0.2) is 24.3 Å². The second kappa shape index (κ2) is 7.13. The van der Waals surface area contributed by atoms with Crippen LogP contribution in [0, 0.1) is 0 Å². The molecule has 0 heterocycles. The Balaban J connectivity index is 2.37. The largest absolute Gasteiger partial charge is 0.493 e. The van der Waals surface area contributed by atoms with E-state index < -0.39 is 12.0 Å². The third kappa shape index (κ3) is 3.89. The highest BCUT2D eigenvalue weighted by atomic mass is 79.9. The van der Waals surface area contributed by atoms with Crippen LogP contribution < -0.4 is 15.2 Å². The Hall–Kier alpha value is -1.27. The summed E-state index contributed by atoms with van der Waals surface area (Å²) < 4.78 is 12.2. The normalized spacial score (nSPS) is 16.7. The molecule has 0 aliphatic heterocycles. The van der Waals surface area contributed by atoms with Crippen LogP contribution in [0.25, 0.3) is 0 Å². The fraction of sp³-hybridized carbons (Fsp3) is 0.533. The third-order valence-corrected chi connectivity index (χ3v) is 4.37. The molecule has 1 aliphatic rings. The highest BCUT2D eigenvalue weighted by Gasteiger charge is 2.25. The van der Waals surface area contributed by atoms with E-state index in [1.807, 2.05) is 0 Å². The summed E-state index contributed by atoms with van der Waals surface area (Å²) in [6.45, 7) is 0. The minimum absolute atomic E-state index is 0.143. The molecule has 2 rings (SSSR count). The molecule has 1 aromatic carbocycles. The van der Waals surface area contributed by atoms with Crippen LogP contribution in [-0.2, 0) is 4.79 Å². The van der Waals surface area contributed by atoms with E-state index >= 15 is 0 Å². The molecule has 1 aliphatic carbocycles. The van der Waals surface area contributed by atoms with Gasteiger partial charge in [0.2, 0.25) is 0 Å².